The average Bonchev–Trinajstić information content (AvgIpc) is 2.74. The van der Waals surface area contributed by atoms with Gasteiger partial charge in [0.1, 0.15) is 0 Å². The molecular formula is C24H39N3O4. The third-order valence-electron chi connectivity index (χ3n) is 5.78. The van der Waals surface area contributed by atoms with Gasteiger partial charge in [0.25, 0.3) is 5.91 Å². The summed E-state index contributed by atoms with van der Waals surface area (Å²) in [6.07, 6.45) is 2.41. The van der Waals surface area contributed by atoms with E-state index in [9.17, 15) is 9.59 Å². The molecule has 0 saturated carbocycles. The van der Waals surface area contributed by atoms with Gasteiger partial charge in [0.15, 0.2) is 11.5 Å². The molecule has 1 heterocycles. The van der Waals surface area contributed by atoms with Gasteiger partial charge in [-0.3, -0.25) is 14.5 Å². The molecule has 0 radical (unpaired) electrons. The first-order valence-corrected chi connectivity index (χ1v) is 11.5. The van der Waals surface area contributed by atoms with Crippen LogP contribution in [0.5, 0.6) is 11.5 Å². The van der Waals surface area contributed by atoms with E-state index in [4.69, 9.17) is 9.47 Å². The summed E-state index contributed by atoms with van der Waals surface area (Å²) in [6, 6.07) is 5.35. The first-order chi connectivity index (χ1) is 14.8. The highest BCUT2D eigenvalue weighted by Crippen LogP contribution is 2.28. The van der Waals surface area contributed by atoms with Crippen LogP contribution in [-0.2, 0) is 4.79 Å². The maximum absolute atomic E-state index is 12.5. The van der Waals surface area contributed by atoms with Crippen LogP contribution in [0.15, 0.2) is 18.2 Å². The largest absolute Gasteiger partial charge is 0.490 e. The van der Waals surface area contributed by atoms with Crippen LogP contribution < -0.4 is 20.1 Å². The Labute approximate surface area is 186 Å². The SMILES string of the molecule is CCOc1ccc(C(=O)NCC(=O)NCC(C(C)C)N2CCC(C)CC2)cc1OCC. The fraction of sp³-hybridized carbons (Fsp3) is 0.667. The van der Waals surface area contributed by atoms with E-state index in [2.05, 4.69) is 36.3 Å². The molecule has 0 aliphatic carbocycles. The highest BCUT2D eigenvalue weighted by atomic mass is 16.5. The predicted octanol–water partition coefficient (Wildman–Crippen LogP) is 3.09. The number of hydrogen-bond donors (Lipinski definition) is 2. The molecule has 7 heteroatoms. The molecule has 1 unspecified atom stereocenters. The Morgan fingerprint density at radius 1 is 1.06 bits per heavy atom. The highest BCUT2D eigenvalue weighted by Gasteiger charge is 2.26. The zero-order chi connectivity index (χ0) is 22.8. The number of ether oxygens (including phenoxy) is 2. The molecule has 31 heavy (non-hydrogen) atoms. The second-order valence-electron chi connectivity index (χ2n) is 8.54. The first-order valence-electron chi connectivity index (χ1n) is 11.5. The van der Waals surface area contributed by atoms with E-state index in [1.165, 1.54) is 12.8 Å². The lowest BCUT2D eigenvalue weighted by atomic mass is 9.94. The zero-order valence-electron chi connectivity index (χ0n) is 19.7. The first kappa shape index (κ1) is 25.0. The Kier molecular flexibility index (Phi) is 10.1. The van der Waals surface area contributed by atoms with Crippen molar-refractivity contribution < 1.29 is 19.1 Å². The third kappa shape index (κ3) is 7.73. The number of rotatable bonds is 11. The molecule has 1 atom stereocenters. The quantitative estimate of drug-likeness (QED) is 0.561. The Morgan fingerprint density at radius 3 is 2.32 bits per heavy atom. The third-order valence-corrected chi connectivity index (χ3v) is 5.78. The summed E-state index contributed by atoms with van der Waals surface area (Å²) in [5.74, 6) is 1.86. The predicted molar refractivity (Wildman–Crippen MR) is 123 cm³/mol. The smallest absolute Gasteiger partial charge is 0.251 e. The molecule has 2 amide bonds. The van der Waals surface area contributed by atoms with Gasteiger partial charge in [0.05, 0.1) is 19.8 Å². The van der Waals surface area contributed by atoms with Gasteiger partial charge in [0.2, 0.25) is 5.91 Å². The fourth-order valence-electron chi connectivity index (χ4n) is 3.88. The van der Waals surface area contributed by atoms with Crippen LogP contribution in [0.4, 0.5) is 0 Å². The van der Waals surface area contributed by atoms with Crippen molar-refractivity contribution in [3.63, 3.8) is 0 Å². The van der Waals surface area contributed by atoms with E-state index < -0.39 is 0 Å². The van der Waals surface area contributed by atoms with Gasteiger partial charge in [-0.1, -0.05) is 20.8 Å². The fourth-order valence-corrected chi connectivity index (χ4v) is 3.88. The second kappa shape index (κ2) is 12.5. The lowest BCUT2D eigenvalue weighted by Crippen LogP contribution is -2.50. The van der Waals surface area contributed by atoms with Gasteiger partial charge in [-0.25, -0.2) is 0 Å². The molecule has 174 valence electrons. The van der Waals surface area contributed by atoms with Crippen molar-refractivity contribution in [1.82, 2.24) is 15.5 Å². The monoisotopic (exact) mass is 433 g/mol. The number of carbonyl (C=O) groups is 2. The summed E-state index contributed by atoms with van der Waals surface area (Å²) in [5.41, 5.74) is 0.433. The van der Waals surface area contributed by atoms with Gasteiger partial charge < -0.3 is 20.1 Å². The topological polar surface area (TPSA) is 79.9 Å². The normalized spacial score (nSPS) is 16.1. The Hall–Kier alpha value is -2.28. The number of amides is 2. The van der Waals surface area contributed by atoms with Crippen molar-refractivity contribution in [2.45, 2.75) is 53.5 Å². The van der Waals surface area contributed by atoms with Crippen LogP contribution in [0.1, 0.15) is 57.8 Å². The summed E-state index contributed by atoms with van der Waals surface area (Å²) in [4.78, 5) is 27.3. The summed E-state index contributed by atoms with van der Waals surface area (Å²) in [6.45, 7) is 14.1. The number of likely N-dealkylation sites (tertiary alicyclic amines) is 1. The highest BCUT2D eigenvalue weighted by molar-refractivity contribution is 5.97. The summed E-state index contributed by atoms with van der Waals surface area (Å²) >= 11 is 0. The minimum atomic E-state index is -0.315. The molecule has 2 N–H and O–H groups in total. The van der Waals surface area contributed by atoms with Crippen molar-refractivity contribution in [3.05, 3.63) is 23.8 Å². The lowest BCUT2D eigenvalue weighted by molar-refractivity contribution is -0.120. The second-order valence-corrected chi connectivity index (χ2v) is 8.54. The number of hydrogen-bond acceptors (Lipinski definition) is 5. The minimum Gasteiger partial charge on any atom is -0.490 e. The molecule has 1 aliphatic rings. The summed E-state index contributed by atoms with van der Waals surface area (Å²) in [7, 11) is 0. The maximum Gasteiger partial charge on any atom is 0.251 e. The van der Waals surface area contributed by atoms with Crippen molar-refractivity contribution >= 4 is 11.8 Å². The van der Waals surface area contributed by atoms with Crippen molar-refractivity contribution in [2.24, 2.45) is 11.8 Å². The maximum atomic E-state index is 12.5. The molecule has 1 aromatic rings. The van der Waals surface area contributed by atoms with Crippen molar-refractivity contribution in [3.8, 4) is 11.5 Å². The van der Waals surface area contributed by atoms with Gasteiger partial charge in [-0.15, -0.1) is 0 Å². The number of carbonyl (C=O) groups excluding carboxylic acids is 2. The zero-order valence-corrected chi connectivity index (χ0v) is 19.7. The summed E-state index contributed by atoms with van der Waals surface area (Å²) in [5, 5.41) is 5.69. The lowest BCUT2D eigenvalue weighted by Gasteiger charge is -2.38. The molecule has 0 aromatic heterocycles. The summed E-state index contributed by atoms with van der Waals surface area (Å²) < 4.78 is 11.1. The molecule has 1 aliphatic heterocycles. The molecule has 7 nitrogen and oxygen atoms in total. The standard InChI is InChI=1S/C24H39N3O4/c1-6-30-21-9-8-19(14-22(21)31-7-2)24(29)26-16-23(28)25-15-20(17(3)4)27-12-10-18(5)11-13-27/h8-9,14,17-18,20H,6-7,10-13,15-16H2,1-5H3,(H,25,28)(H,26,29). The van der Waals surface area contributed by atoms with E-state index >= 15 is 0 Å². The van der Waals surface area contributed by atoms with Crippen LogP contribution in [0, 0.1) is 11.8 Å². The van der Waals surface area contributed by atoms with Crippen LogP contribution in [0.2, 0.25) is 0 Å². The molecular weight excluding hydrogens is 394 g/mol. The van der Waals surface area contributed by atoms with Crippen molar-refractivity contribution in [1.29, 1.82) is 0 Å². The van der Waals surface area contributed by atoms with Gasteiger partial charge in [-0.2, -0.15) is 0 Å². The van der Waals surface area contributed by atoms with Gasteiger partial charge >= 0.3 is 0 Å². The molecule has 2 rings (SSSR count). The minimum absolute atomic E-state index is 0.0577. The molecule has 0 spiro atoms. The van der Waals surface area contributed by atoms with E-state index in [0.717, 1.165) is 19.0 Å². The van der Waals surface area contributed by atoms with E-state index in [1.807, 2.05) is 13.8 Å². The Bertz CT molecular complexity index is 715. The average molecular weight is 434 g/mol. The van der Waals surface area contributed by atoms with Crippen LogP contribution >= 0.6 is 0 Å². The molecule has 1 fully saturated rings. The molecule has 1 saturated heterocycles. The van der Waals surface area contributed by atoms with Crippen LogP contribution in [-0.4, -0.2) is 62.1 Å². The van der Waals surface area contributed by atoms with E-state index in [0.29, 0.717) is 48.8 Å². The van der Waals surface area contributed by atoms with E-state index in [-0.39, 0.29) is 18.4 Å². The molecule has 1 aromatic carbocycles. The number of nitrogens with one attached hydrogen (secondary N) is 2. The van der Waals surface area contributed by atoms with Gasteiger partial charge in [-0.05, 0) is 69.8 Å². The van der Waals surface area contributed by atoms with Crippen LogP contribution in [0.25, 0.3) is 0 Å². The Morgan fingerprint density at radius 2 is 1.71 bits per heavy atom. The number of piperidine rings is 1. The Balaban J connectivity index is 1.85. The number of benzene rings is 1. The van der Waals surface area contributed by atoms with Crippen LogP contribution in [0.3, 0.4) is 0 Å². The number of nitrogens with zero attached hydrogens (tertiary/aromatic N) is 1. The van der Waals surface area contributed by atoms with Gasteiger partial charge in [0, 0.05) is 18.2 Å². The van der Waals surface area contributed by atoms with E-state index in [1.54, 1.807) is 18.2 Å². The molecule has 0 bridgehead atoms. The van der Waals surface area contributed by atoms with Crippen molar-refractivity contribution in [2.75, 3.05) is 39.4 Å².